The zero-order valence-electron chi connectivity index (χ0n) is 14.4. The van der Waals surface area contributed by atoms with Crippen LogP contribution in [0.1, 0.15) is 16.8 Å². The van der Waals surface area contributed by atoms with Crippen molar-refractivity contribution in [3.05, 3.63) is 63.3 Å². The van der Waals surface area contributed by atoms with Crippen molar-refractivity contribution in [3.63, 3.8) is 0 Å². The predicted octanol–water partition coefficient (Wildman–Crippen LogP) is 3.79. The highest BCUT2D eigenvalue weighted by molar-refractivity contribution is 7.14. The summed E-state index contributed by atoms with van der Waals surface area (Å²) in [6.07, 6.45) is 0.316. The van der Waals surface area contributed by atoms with E-state index >= 15 is 0 Å². The summed E-state index contributed by atoms with van der Waals surface area (Å²) < 4.78 is 0. The first-order valence-electron chi connectivity index (χ1n) is 8.07. The number of carbonyl (C=O) groups excluding carboxylic acids is 1. The lowest BCUT2D eigenvalue weighted by atomic mass is 10.1. The molecule has 0 bridgehead atoms. The molecule has 0 saturated carbocycles. The van der Waals surface area contributed by atoms with Crippen LogP contribution in [0.3, 0.4) is 0 Å². The number of amides is 1. The molecule has 0 atom stereocenters. The van der Waals surface area contributed by atoms with Crippen molar-refractivity contribution >= 4 is 28.6 Å². The van der Waals surface area contributed by atoms with Gasteiger partial charge in [0, 0.05) is 29.4 Å². The highest BCUT2D eigenvalue weighted by Crippen LogP contribution is 2.25. The van der Waals surface area contributed by atoms with Gasteiger partial charge in [0.2, 0.25) is 5.91 Å². The fourth-order valence-corrected chi connectivity index (χ4v) is 4.08. The minimum Gasteiger partial charge on any atom is -0.352 e. The molecule has 1 N–H and O–H groups in total. The van der Waals surface area contributed by atoms with Crippen molar-refractivity contribution < 1.29 is 4.79 Å². The molecule has 0 saturated heterocycles. The number of nitrogens with zero attached hydrogens (tertiary/aromatic N) is 2. The molecule has 1 amide bonds. The second-order valence-corrected chi connectivity index (χ2v) is 7.75. The predicted molar refractivity (Wildman–Crippen MR) is 105 cm³/mol. The van der Waals surface area contributed by atoms with Crippen LogP contribution in [-0.4, -0.2) is 29.9 Å². The summed E-state index contributed by atoms with van der Waals surface area (Å²) >= 11 is 3.24. The Morgan fingerprint density at radius 3 is 2.68 bits per heavy atom. The van der Waals surface area contributed by atoms with E-state index in [0.717, 1.165) is 28.4 Å². The van der Waals surface area contributed by atoms with E-state index in [1.807, 2.05) is 37.0 Å². The number of aromatic nitrogens is 1. The fraction of sp³-hybridized carbons (Fsp3) is 0.263. The molecule has 130 valence electrons. The standard InChI is InChI=1S/C19H21N3OS2/c1-22(2)11-15-6-4-3-5-14(15)10-20-18(23)9-17-13-25-19(21-17)16-7-8-24-12-16/h3-8,12-13H,9-11H2,1-2H3,(H,20,23). The van der Waals surface area contributed by atoms with Gasteiger partial charge in [-0.2, -0.15) is 11.3 Å². The number of hydrogen-bond donors (Lipinski definition) is 1. The van der Waals surface area contributed by atoms with Crippen molar-refractivity contribution in [2.24, 2.45) is 0 Å². The number of thiazole rings is 1. The van der Waals surface area contributed by atoms with Gasteiger partial charge in [-0.25, -0.2) is 4.98 Å². The number of hydrogen-bond acceptors (Lipinski definition) is 5. The lowest BCUT2D eigenvalue weighted by Crippen LogP contribution is -2.25. The number of nitrogens with one attached hydrogen (secondary N) is 1. The molecule has 0 radical (unpaired) electrons. The molecule has 0 spiro atoms. The lowest BCUT2D eigenvalue weighted by Gasteiger charge is -2.14. The van der Waals surface area contributed by atoms with Gasteiger partial charge < -0.3 is 10.2 Å². The van der Waals surface area contributed by atoms with Crippen LogP contribution in [0.15, 0.2) is 46.5 Å². The maximum Gasteiger partial charge on any atom is 0.226 e. The summed E-state index contributed by atoms with van der Waals surface area (Å²) in [6, 6.07) is 10.3. The van der Waals surface area contributed by atoms with Crippen LogP contribution >= 0.6 is 22.7 Å². The first kappa shape index (κ1) is 17.8. The Kier molecular flexibility index (Phi) is 5.96. The molecule has 0 fully saturated rings. The number of thiophene rings is 1. The summed E-state index contributed by atoms with van der Waals surface area (Å²) in [7, 11) is 4.09. The normalized spacial score (nSPS) is 11.0. The van der Waals surface area contributed by atoms with Gasteiger partial charge >= 0.3 is 0 Å². The summed E-state index contributed by atoms with van der Waals surface area (Å²) in [4.78, 5) is 18.9. The Labute approximate surface area is 156 Å². The maximum absolute atomic E-state index is 12.3. The smallest absolute Gasteiger partial charge is 0.226 e. The molecule has 4 nitrogen and oxygen atoms in total. The molecule has 2 aromatic heterocycles. The van der Waals surface area contributed by atoms with Crippen LogP contribution in [0.4, 0.5) is 0 Å². The Hall–Kier alpha value is -2.02. The Morgan fingerprint density at radius 1 is 1.16 bits per heavy atom. The van der Waals surface area contributed by atoms with Crippen LogP contribution in [0.25, 0.3) is 10.6 Å². The topological polar surface area (TPSA) is 45.2 Å². The van der Waals surface area contributed by atoms with Gasteiger partial charge in [0.25, 0.3) is 0 Å². The monoisotopic (exact) mass is 371 g/mol. The molecule has 25 heavy (non-hydrogen) atoms. The van der Waals surface area contributed by atoms with Crippen LogP contribution in [0.2, 0.25) is 0 Å². The highest BCUT2D eigenvalue weighted by atomic mass is 32.1. The van der Waals surface area contributed by atoms with Gasteiger partial charge in [-0.05, 0) is 36.7 Å². The fourth-order valence-electron chi connectivity index (χ4n) is 2.55. The summed E-state index contributed by atoms with van der Waals surface area (Å²) in [6.45, 7) is 1.41. The largest absolute Gasteiger partial charge is 0.352 e. The second kappa shape index (κ2) is 8.38. The van der Waals surface area contributed by atoms with Crippen molar-refractivity contribution in [1.82, 2.24) is 15.2 Å². The molecule has 0 unspecified atom stereocenters. The van der Waals surface area contributed by atoms with E-state index < -0.39 is 0 Å². The third-order valence-corrected chi connectivity index (χ3v) is 5.37. The van der Waals surface area contributed by atoms with E-state index in [1.165, 1.54) is 5.56 Å². The van der Waals surface area contributed by atoms with Crippen LogP contribution in [-0.2, 0) is 24.3 Å². The van der Waals surface area contributed by atoms with E-state index in [1.54, 1.807) is 22.7 Å². The quantitative estimate of drug-likeness (QED) is 0.687. The summed E-state index contributed by atoms with van der Waals surface area (Å²) in [5.41, 5.74) is 4.34. The maximum atomic E-state index is 12.3. The Bertz CT molecular complexity index is 825. The molecule has 0 aliphatic rings. The van der Waals surface area contributed by atoms with Gasteiger partial charge in [0.15, 0.2) is 0 Å². The first-order chi connectivity index (χ1) is 12.1. The third kappa shape index (κ3) is 4.98. The van der Waals surface area contributed by atoms with Gasteiger partial charge in [0.05, 0.1) is 12.1 Å². The van der Waals surface area contributed by atoms with Crippen LogP contribution < -0.4 is 5.32 Å². The summed E-state index contributed by atoms with van der Waals surface area (Å²) in [5, 5.41) is 10.1. The molecule has 6 heteroatoms. The molecular formula is C19H21N3OS2. The summed E-state index contributed by atoms with van der Waals surface area (Å²) in [5.74, 6) is 0.00169. The number of rotatable bonds is 7. The van der Waals surface area contributed by atoms with Gasteiger partial charge in [0.1, 0.15) is 5.01 Å². The number of carbonyl (C=O) groups is 1. The first-order valence-corrected chi connectivity index (χ1v) is 9.89. The Morgan fingerprint density at radius 2 is 1.96 bits per heavy atom. The molecule has 3 aromatic rings. The van der Waals surface area contributed by atoms with E-state index in [9.17, 15) is 4.79 Å². The lowest BCUT2D eigenvalue weighted by molar-refractivity contribution is -0.120. The van der Waals surface area contributed by atoms with Crippen LogP contribution in [0, 0.1) is 0 Å². The van der Waals surface area contributed by atoms with Gasteiger partial charge in [-0.1, -0.05) is 24.3 Å². The van der Waals surface area contributed by atoms with Crippen LogP contribution in [0.5, 0.6) is 0 Å². The van der Waals surface area contributed by atoms with Crippen molar-refractivity contribution in [3.8, 4) is 10.6 Å². The van der Waals surface area contributed by atoms with Crippen molar-refractivity contribution in [2.75, 3.05) is 14.1 Å². The highest BCUT2D eigenvalue weighted by Gasteiger charge is 2.10. The van der Waals surface area contributed by atoms with Gasteiger partial charge in [-0.3, -0.25) is 4.79 Å². The van der Waals surface area contributed by atoms with Gasteiger partial charge in [-0.15, -0.1) is 11.3 Å². The van der Waals surface area contributed by atoms with Crippen molar-refractivity contribution in [2.45, 2.75) is 19.5 Å². The Balaban J connectivity index is 1.57. The van der Waals surface area contributed by atoms with E-state index in [-0.39, 0.29) is 5.91 Å². The van der Waals surface area contributed by atoms with E-state index in [0.29, 0.717) is 13.0 Å². The molecule has 3 rings (SSSR count). The number of benzene rings is 1. The molecule has 2 heterocycles. The molecule has 1 aromatic carbocycles. The zero-order valence-corrected chi connectivity index (χ0v) is 16.0. The molecule has 0 aliphatic carbocycles. The second-order valence-electron chi connectivity index (χ2n) is 6.12. The third-order valence-electron chi connectivity index (χ3n) is 3.74. The van der Waals surface area contributed by atoms with E-state index in [4.69, 9.17) is 0 Å². The minimum absolute atomic E-state index is 0.00169. The average molecular weight is 372 g/mol. The average Bonchev–Trinajstić information content (AvgIpc) is 3.24. The molecule has 0 aliphatic heterocycles. The zero-order chi connectivity index (χ0) is 17.6. The molecular weight excluding hydrogens is 350 g/mol. The minimum atomic E-state index is 0.00169. The SMILES string of the molecule is CN(C)Cc1ccccc1CNC(=O)Cc1csc(-c2ccsc2)n1. The van der Waals surface area contributed by atoms with Crippen molar-refractivity contribution in [1.29, 1.82) is 0 Å². The van der Waals surface area contributed by atoms with E-state index in [2.05, 4.69) is 38.8 Å².